The van der Waals surface area contributed by atoms with Crippen LogP contribution >= 0.6 is 0 Å². The summed E-state index contributed by atoms with van der Waals surface area (Å²) in [5, 5.41) is 24.3. The third kappa shape index (κ3) is 30.7. The number of carboxylic acid groups (broad SMARTS) is 1. The molecule has 0 saturated heterocycles. The van der Waals surface area contributed by atoms with E-state index in [1.807, 2.05) is 0 Å². The number of likely N-dealkylation sites (N-methyl/N-ethyl adjacent to an activating group) is 1. The number of ether oxygens (including phenoxy) is 2. The second kappa shape index (κ2) is 33.3. The van der Waals surface area contributed by atoms with Crippen molar-refractivity contribution in [2.45, 2.75) is 129 Å². The van der Waals surface area contributed by atoms with E-state index in [-0.39, 0.29) is 37.2 Å². The molecule has 0 bridgehead atoms. The fourth-order valence-corrected chi connectivity index (χ4v) is 4.24. The lowest BCUT2D eigenvalue weighted by Gasteiger charge is -2.14. The molecule has 0 heterocycles. The molecular formula is C31H61N3O8. The first kappa shape index (κ1) is 41.9. The van der Waals surface area contributed by atoms with E-state index in [2.05, 4.69) is 22.9 Å². The Morgan fingerprint density at radius 1 is 0.643 bits per heavy atom. The number of hydrogen-bond donors (Lipinski definition) is 5. The Labute approximate surface area is 254 Å². The van der Waals surface area contributed by atoms with E-state index in [0.717, 1.165) is 26.4 Å². The number of aliphatic hydroxyl groups is 1. The molecule has 3 amide bonds. The van der Waals surface area contributed by atoms with Gasteiger partial charge in [0.25, 0.3) is 0 Å². The second-order valence-electron chi connectivity index (χ2n) is 10.4. The number of hydrogen-bond acceptors (Lipinski definition) is 7. The van der Waals surface area contributed by atoms with Crippen molar-refractivity contribution in [3.8, 4) is 0 Å². The van der Waals surface area contributed by atoms with Crippen LogP contribution in [0.25, 0.3) is 0 Å². The molecule has 0 aliphatic rings. The van der Waals surface area contributed by atoms with Crippen LogP contribution in [0.5, 0.6) is 0 Å². The summed E-state index contributed by atoms with van der Waals surface area (Å²) in [6, 6.07) is -0.971. The first-order valence-corrected chi connectivity index (χ1v) is 16.0. The zero-order valence-electron chi connectivity index (χ0n) is 26.7. The highest BCUT2D eigenvalue weighted by molar-refractivity contribution is 5.83. The highest BCUT2D eigenvalue weighted by Gasteiger charge is 2.19. The molecule has 0 saturated carbocycles. The average Bonchev–Trinajstić information content (AvgIpc) is 2.98. The van der Waals surface area contributed by atoms with Crippen LogP contribution in [0.4, 0.5) is 0 Å². The molecule has 11 heteroatoms. The average molecular weight is 604 g/mol. The molecule has 5 N–H and O–H groups in total. The highest BCUT2D eigenvalue weighted by Crippen LogP contribution is 2.13. The number of carbonyl (C=O) groups is 4. The fraction of sp³-hybridized carbons (Fsp3) is 0.871. The van der Waals surface area contributed by atoms with Gasteiger partial charge in [0.2, 0.25) is 17.7 Å². The van der Waals surface area contributed by atoms with Crippen molar-refractivity contribution in [3.05, 3.63) is 0 Å². The minimum absolute atomic E-state index is 0.00179. The van der Waals surface area contributed by atoms with Gasteiger partial charge in [-0.25, -0.2) is 4.79 Å². The number of amides is 3. The molecule has 0 aromatic heterocycles. The summed E-state index contributed by atoms with van der Waals surface area (Å²) >= 11 is 0. The van der Waals surface area contributed by atoms with E-state index < -0.39 is 12.0 Å². The van der Waals surface area contributed by atoms with Crippen LogP contribution in [0.2, 0.25) is 0 Å². The Morgan fingerprint density at radius 2 is 1.17 bits per heavy atom. The topological polar surface area (TPSA) is 163 Å². The SMILES string of the molecule is CCCCCCCCCCCCCCCC(=O)NC(CCCC(=O)NCCCOCCOCC(=O)NC)C(=O)O.CO. The molecule has 1 atom stereocenters. The quantitative estimate of drug-likeness (QED) is 0.0798. The molecule has 248 valence electrons. The van der Waals surface area contributed by atoms with Gasteiger partial charge in [0.05, 0.1) is 13.2 Å². The van der Waals surface area contributed by atoms with Crippen molar-refractivity contribution in [2.75, 3.05) is 47.1 Å². The van der Waals surface area contributed by atoms with Crippen molar-refractivity contribution in [2.24, 2.45) is 0 Å². The van der Waals surface area contributed by atoms with Crippen molar-refractivity contribution >= 4 is 23.7 Å². The first-order chi connectivity index (χ1) is 20.4. The van der Waals surface area contributed by atoms with Crippen molar-refractivity contribution in [1.29, 1.82) is 0 Å². The molecule has 11 nitrogen and oxygen atoms in total. The van der Waals surface area contributed by atoms with Crippen LogP contribution in [0.15, 0.2) is 0 Å². The van der Waals surface area contributed by atoms with Gasteiger partial charge in [0, 0.05) is 40.2 Å². The minimum atomic E-state index is -1.07. The molecule has 0 fully saturated rings. The number of nitrogens with one attached hydrogen (secondary N) is 3. The van der Waals surface area contributed by atoms with Crippen LogP contribution < -0.4 is 16.0 Å². The van der Waals surface area contributed by atoms with E-state index in [1.165, 1.54) is 64.2 Å². The lowest BCUT2D eigenvalue weighted by molar-refractivity contribution is -0.142. The second-order valence-corrected chi connectivity index (χ2v) is 10.4. The highest BCUT2D eigenvalue weighted by atomic mass is 16.5. The van der Waals surface area contributed by atoms with Crippen LogP contribution in [0.1, 0.15) is 122 Å². The van der Waals surface area contributed by atoms with E-state index >= 15 is 0 Å². The van der Waals surface area contributed by atoms with Gasteiger partial charge >= 0.3 is 5.97 Å². The monoisotopic (exact) mass is 603 g/mol. The minimum Gasteiger partial charge on any atom is -0.480 e. The van der Waals surface area contributed by atoms with Crippen LogP contribution in [0, 0.1) is 0 Å². The van der Waals surface area contributed by atoms with Crippen molar-refractivity contribution < 1.29 is 38.9 Å². The van der Waals surface area contributed by atoms with Gasteiger partial charge in [0.1, 0.15) is 12.6 Å². The number of carbonyl (C=O) groups excluding carboxylic acids is 3. The van der Waals surface area contributed by atoms with Gasteiger partial charge in [-0.3, -0.25) is 14.4 Å². The molecule has 0 aliphatic carbocycles. The molecule has 1 unspecified atom stereocenters. The standard InChI is InChI=1S/C30H57N3O7.CH4O/c1-3-4-5-6-7-8-9-10-11-12-13-14-15-19-28(35)33-26(30(37)38)18-16-20-27(34)32-21-17-22-39-23-24-40-25-29(36)31-2;1-2/h26H,3-25H2,1-2H3,(H,31,36)(H,32,34)(H,33,35)(H,37,38);2H,1H3. The number of carboxylic acids is 1. The van der Waals surface area contributed by atoms with Gasteiger partial charge < -0.3 is 35.6 Å². The van der Waals surface area contributed by atoms with E-state index in [1.54, 1.807) is 7.05 Å². The van der Waals surface area contributed by atoms with Gasteiger partial charge in [-0.15, -0.1) is 0 Å². The molecule has 0 aromatic rings. The van der Waals surface area contributed by atoms with Gasteiger partial charge in [-0.2, -0.15) is 0 Å². The molecular weight excluding hydrogens is 542 g/mol. The summed E-state index contributed by atoms with van der Waals surface area (Å²) < 4.78 is 10.5. The molecule has 0 radical (unpaired) electrons. The Bertz CT molecular complexity index is 664. The van der Waals surface area contributed by atoms with E-state index in [9.17, 15) is 24.3 Å². The third-order valence-corrected chi connectivity index (χ3v) is 6.71. The number of aliphatic carboxylic acids is 1. The van der Waals surface area contributed by atoms with Crippen molar-refractivity contribution in [1.82, 2.24) is 16.0 Å². The zero-order chi connectivity index (χ0) is 31.7. The zero-order valence-corrected chi connectivity index (χ0v) is 26.7. The lowest BCUT2D eigenvalue weighted by Crippen LogP contribution is -2.40. The maximum absolute atomic E-state index is 12.2. The predicted octanol–water partition coefficient (Wildman–Crippen LogP) is 4.10. The fourth-order valence-electron chi connectivity index (χ4n) is 4.24. The normalized spacial score (nSPS) is 11.2. The number of unbranched alkanes of at least 4 members (excludes halogenated alkanes) is 12. The Balaban J connectivity index is 0. The predicted molar refractivity (Wildman–Crippen MR) is 165 cm³/mol. The number of rotatable bonds is 29. The van der Waals surface area contributed by atoms with E-state index in [4.69, 9.17) is 14.6 Å². The maximum Gasteiger partial charge on any atom is 0.326 e. The lowest BCUT2D eigenvalue weighted by atomic mass is 10.0. The van der Waals surface area contributed by atoms with Gasteiger partial charge in [0.15, 0.2) is 0 Å². The maximum atomic E-state index is 12.2. The molecule has 42 heavy (non-hydrogen) atoms. The third-order valence-electron chi connectivity index (χ3n) is 6.71. The van der Waals surface area contributed by atoms with Crippen molar-refractivity contribution in [3.63, 3.8) is 0 Å². The summed E-state index contributed by atoms with van der Waals surface area (Å²) in [7, 11) is 2.54. The first-order valence-electron chi connectivity index (χ1n) is 16.0. The Kier molecular flexibility index (Phi) is 33.2. The van der Waals surface area contributed by atoms with Crippen LogP contribution in [-0.4, -0.2) is 87.1 Å². The van der Waals surface area contributed by atoms with Crippen LogP contribution in [0.3, 0.4) is 0 Å². The summed E-state index contributed by atoms with van der Waals surface area (Å²) in [4.78, 5) is 46.7. The van der Waals surface area contributed by atoms with Crippen LogP contribution in [-0.2, 0) is 28.7 Å². The summed E-state index contributed by atoms with van der Waals surface area (Å²) in [5.74, 6) is -1.66. The summed E-state index contributed by atoms with van der Waals surface area (Å²) in [6.45, 7) is 3.84. The van der Waals surface area contributed by atoms with Gasteiger partial charge in [-0.05, 0) is 25.7 Å². The Morgan fingerprint density at radius 3 is 1.71 bits per heavy atom. The summed E-state index contributed by atoms with van der Waals surface area (Å²) in [5.41, 5.74) is 0. The van der Waals surface area contributed by atoms with E-state index in [0.29, 0.717) is 45.6 Å². The molecule has 0 spiro atoms. The smallest absolute Gasteiger partial charge is 0.326 e. The number of aliphatic hydroxyl groups excluding tert-OH is 1. The van der Waals surface area contributed by atoms with Gasteiger partial charge in [-0.1, -0.05) is 84.0 Å². The largest absolute Gasteiger partial charge is 0.480 e. The molecule has 0 aromatic carbocycles. The molecule has 0 rings (SSSR count). The Hall–Kier alpha value is -2.24. The summed E-state index contributed by atoms with van der Waals surface area (Å²) in [6.07, 6.45) is 17.8. The molecule has 0 aliphatic heterocycles.